The van der Waals surface area contributed by atoms with Crippen LogP contribution in [0.4, 0.5) is 10.1 Å². The van der Waals surface area contributed by atoms with E-state index in [2.05, 4.69) is 5.32 Å². The first-order chi connectivity index (χ1) is 16.6. The van der Waals surface area contributed by atoms with E-state index in [0.717, 1.165) is 32.2 Å². The minimum atomic E-state index is -0.293. The molecule has 0 saturated heterocycles. The van der Waals surface area contributed by atoms with Crippen molar-refractivity contribution < 1.29 is 9.18 Å². The molecule has 0 saturated carbocycles. The van der Waals surface area contributed by atoms with Crippen LogP contribution in [0.5, 0.6) is 0 Å². The molecule has 34 heavy (non-hydrogen) atoms. The number of fused-ring (bicyclic) bond motifs is 2. The number of halogens is 2. The van der Waals surface area contributed by atoms with E-state index < -0.39 is 0 Å². The number of amides is 1. The van der Waals surface area contributed by atoms with E-state index in [4.69, 9.17) is 16.6 Å². The highest BCUT2D eigenvalue weighted by molar-refractivity contribution is 7.99. The molecular formula is C28H20ClFN2OS. The van der Waals surface area contributed by atoms with Crippen LogP contribution in [-0.2, 0) is 6.42 Å². The number of nitrogens with zero attached hydrogens (tertiary/aromatic N) is 1. The van der Waals surface area contributed by atoms with Gasteiger partial charge in [-0.25, -0.2) is 9.38 Å². The Kier molecular flexibility index (Phi) is 6.48. The molecule has 0 bridgehead atoms. The summed E-state index contributed by atoms with van der Waals surface area (Å²) in [6.07, 6.45) is 0.714. The van der Waals surface area contributed by atoms with Crippen LogP contribution in [0.2, 0.25) is 5.02 Å². The van der Waals surface area contributed by atoms with Crippen molar-refractivity contribution in [1.82, 2.24) is 5.32 Å². The Balaban J connectivity index is 1.42. The van der Waals surface area contributed by atoms with Crippen LogP contribution in [0, 0.1) is 5.82 Å². The summed E-state index contributed by atoms with van der Waals surface area (Å²) in [5.41, 5.74) is 4.91. The molecule has 0 spiro atoms. The lowest BCUT2D eigenvalue weighted by Crippen LogP contribution is -2.25. The lowest BCUT2D eigenvalue weighted by Gasteiger charge is -2.09. The number of benzene rings is 4. The minimum absolute atomic E-state index is 0.151. The standard InChI is InChI=1S/C28H20ClFN2OS/c29-21-10-5-18(6-11-21)15-16-31-28(33)20-9-14-26-24(17-20)32-27(19-7-12-22(30)13-8-19)23-3-1-2-4-25(23)34-26/h1-14,17H,15-16H2,(H,31,33). The molecule has 0 unspecified atom stereocenters. The summed E-state index contributed by atoms with van der Waals surface area (Å²) in [6, 6.07) is 27.5. The molecule has 0 fully saturated rings. The van der Waals surface area contributed by atoms with E-state index in [9.17, 15) is 9.18 Å². The summed E-state index contributed by atoms with van der Waals surface area (Å²) in [5, 5.41) is 3.67. The molecule has 5 rings (SSSR count). The van der Waals surface area contributed by atoms with Gasteiger partial charge in [0.2, 0.25) is 0 Å². The van der Waals surface area contributed by atoms with Crippen LogP contribution in [-0.4, -0.2) is 18.2 Å². The topological polar surface area (TPSA) is 41.5 Å². The quantitative estimate of drug-likeness (QED) is 0.288. The number of aliphatic imine (C=N–C) groups is 1. The van der Waals surface area contributed by atoms with Crippen LogP contribution >= 0.6 is 23.4 Å². The predicted octanol–water partition coefficient (Wildman–Crippen LogP) is 7.09. The van der Waals surface area contributed by atoms with Crippen molar-refractivity contribution in [3.63, 3.8) is 0 Å². The van der Waals surface area contributed by atoms with Gasteiger partial charge < -0.3 is 5.32 Å². The fraction of sp³-hybridized carbons (Fsp3) is 0.0714. The Morgan fingerprint density at radius 2 is 1.68 bits per heavy atom. The molecule has 0 aliphatic carbocycles. The van der Waals surface area contributed by atoms with Gasteiger partial charge in [-0.3, -0.25) is 4.79 Å². The van der Waals surface area contributed by atoms with E-state index in [1.165, 1.54) is 12.1 Å². The zero-order valence-corrected chi connectivity index (χ0v) is 19.7. The molecule has 1 aliphatic rings. The van der Waals surface area contributed by atoms with E-state index in [-0.39, 0.29) is 11.7 Å². The van der Waals surface area contributed by atoms with Crippen LogP contribution < -0.4 is 5.32 Å². The zero-order valence-electron chi connectivity index (χ0n) is 18.1. The van der Waals surface area contributed by atoms with Gasteiger partial charge in [0.1, 0.15) is 5.82 Å². The molecule has 0 radical (unpaired) electrons. The summed E-state index contributed by atoms with van der Waals surface area (Å²) in [4.78, 5) is 19.8. The average Bonchev–Trinajstić information content (AvgIpc) is 3.02. The van der Waals surface area contributed by atoms with Gasteiger partial charge in [0, 0.05) is 38.0 Å². The second-order valence-corrected chi connectivity index (χ2v) is 9.40. The molecule has 6 heteroatoms. The lowest BCUT2D eigenvalue weighted by atomic mass is 10.0. The molecule has 3 nitrogen and oxygen atoms in total. The van der Waals surface area contributed by atoms with Crippen molar-refractivity contribution in [3.05, 3.63) is 124 Å². The summed E-state index contributed by atoms with van der Waals surface area (Å²) < 4.78 is 13.5. The minimum Gasteiger partial charge on any atom is -0.352 e. The third kappa shape index (κ3) is 4.91. The van der Waals surface area contributed by atoms with Crippen LogP contribution in [0.1, 0.15) is 27.0 Å². The van der Waals surface area contributed by atoms with Gasteiger partial charge in [0.15, 0.2) is 0 Å². The SMILES string of the molecule is O=C(NCCc1ccc(Cl)cc1)c1ccc2c(c1)N=C(c1ccc(F)cc1)c1ccccc1S2. The fourth-order valence-corrected chi connectivity index (χ4v) is 4.91. The maximum absolute atomic E-state index is 13.5. The second-order valence-electron chi connectivity index (χ2n) is 7.88. The highest BCUT2D eigenvalue weighted by atomic mass is 35.5. The third-order valence-corrected chi connectivity index (χ3v) is 6.94. The molecular weight excluding hydrogens is 467 g/mol. The number of carbonyl (C=O) groups excluding carboxylic acids is 1. The molecule has 4 aromatic rings. The lowest BCUT2D eigenvalue weighted by molar-refractivity contribution is 0.0954. The number of hydrogen-bond donors (Lipinski definition) is 1. The molecule has 1 aliphatic heterocycles. The van der Waals surface area contributed by atoms with Crippen LogP contribution in [0.3, 0.4) is 0 Å². The van der Waals surface area contributed by atoms with Crippen molar-refractivity contribution >= 4 is 40.7 Å². The van der Waals surface area contributed by atoms with Crippen LogP contribution in [0.15, 0.2) is 106 Å². The number of hydrogen-bond acceptors (Lipinski definition) is 3. The molecule has 0 aromatic heterocycles. The van der Waals surface area contributed by atoms with Gasteiger partial charge in [-0.1, -0.05) is 53.7 Å². The van der Waals surface area contributed by atoms with Crippen molar-refractivity contribution in [3.8, 4) is 0 Å². The third-order valence-electron chi connectivity index (χ3n) is 5.55. The Morgan fingerprint density at radius 1 is 0.912 bits per heavy atom. The van der Waals surface area contributed by atoms with Gasteiger partial charge in [-0.05, 0) is 72.6 Å². The van der Waals surface area contributed by atoms with Gasteiger partial charge in [0.25, 0.3) is 5.91 Å². The van der Waals surface area contributed by atoms with Crippen molar-refractivity contribution in [2.75, 3.05) is 6.54 Å². The van der Waals surface area contributed by atoms with Gasteiger partial charge in [0.05, 0.1) is 11.4 Å². The van der Waals surface area contributed by atoms with Gasteiger partial charge >= 0.3 is 0 Å². The zero-order chi connectivity index (χ0) is 23.5. The Labute approximate surface area is 206 Å². The van der Waals surface area contributed by atoms with E-state index >= 15 is 0 Å². The summed E-state index contributed by atoms with van der Waals surface area (Å²) in [7, 11) is 0. The summed E-state index contributed by atoms with van der Waals surface area (Å²) in [6.45, 7) is 0.516. The number of rotatable bonds is 5. The van der Waals surface area contributed by atoms with Gasteiger partial charge in [-0.2, -0.15) is 0 Å². The van der Waals surface area contributed by atoms with Crippen molar-refractivity contribution in [2.45, 2.75) is 16.2 Å². The van der Waals surface area contributed by atoms with Crippen molar-refractivity contribution in [1.29, 1.82) is 0 Å². The molecule has 168 valence electrons. The van der Waals surface area contributed by atoms with Crippen molar-refractivity contribution in [2.24, 2.45) is 4.99 Å². The smallest absolute Gasteiger partial charge is 0.251 e. The maximum atomic E-state index is 13.5. The Morgan fingerprint density at radius 3 is 2.47 bits per heavy atom. The molecule has 1 amide bonds. The molecule has 0 atom stereocenters. The van der Waals surface area contributed by atoms with E-state index in [0.29, 0.717) is 29.2 Å². The number of carbonyl (C=O) groups is 1. The van der Waals surface area contributed by atoms with Crippen LogP contribution in [0.25, 0.3) is 0 Å². The predicted molar refractivity (Wildman–Crippen MR) is 136 cm³/mol. The highest BCUT2D eigenvalue weighted by Gasteiger charge is 2.20. The Hall–Kier alpha value is -3.41. The van der Waals surface area contributed by atoms with E-state index in [1.54, 1.807) is 23.9 Å². The normalized spacial score (nSPS) is 12.2. The second kappa shape index (κ2) is 9.84. The largest absolute Gasteiger partial charge is 0.352 e. The van der Waals surface area contributed by atoms with Gasteiger partial charge in [-0.15, -0.1) is 0 Å². The first-order valence-corrected chi connectivity index (χ1v) is 12.0. The highest BCUT2D eigenvalue weighted by Crippen LogP contribution is 2.41. The fourth-order valence-electron chi connectivity index (χ4n) is 3.78. The first kappa shape index (κ1) is 22.4. The molecule has 1 N–H and O–H groups in total. The summed E-state index contributed by atoms with van der Waals surface area (Å²) >= 11 is 7.54. The number of nitrogens with one attached hydrogen (secondary N) is 1. The first-order valence-electron chi connectivity index (χ1n) is 10.9. The Bertz CT molecular complexity index is 1380. The molecule has 4 aromatic carbocycles. The molecule has 1 heterocycles. The van der Waals surface area contributed by atoms with E-state index in [1.807, 2.05) is 66.7 Å². The summed E-state index contributed by atoms with van der Waals surface area (Å²) in [5.74, 6) is -0.444. The monoisotopic (exact) mass is 486 g/mol. The average molecular weight is 487 g/mol. The maximum Gasteiger partial charge on any atom is 0.251 e.